The molecule has 0 spiro atoms. The zero-order chi connectivity index (χ0) is 16.9. The Hall–Kier alpha value is -2.40. The van der Waals surface area contributed by atoms with E-state index >= 15 is 0 Å². The second-order valence-electron chi connectivity index (χ2n) is 6.15. The first-order chi connectivity index (χ1) is 11.7. The van der Waals surface area contributed by atoms with E-state index in [1.54, 1.807) is 4.90 Å². The van der Waals surface area contributed by atoms with Crippen LogP contribution in [0.25, 0.3) is 10.8 Å². The minimum Gasteiger partial charge on any atom is -0.356 e. The van der Waals surface area contributed by atoms with Crippen molar-refractivity contribution < 1.29 is 9.59 Å². The second kappa shape index (κ2) is 7.45. The summed E-state index contributed by atoms with van der Waals surface area (Å²) in [7, 11) is 1.89. The van der Waals surface area contributed by atoms with E-state index in [9.17, 15) is 9.59 Å². The SMILES string of the molecule is CNCCCNC(=O)C1CC(=O)N(c2cccc3ccccc23)C1. The van der Waals surface area contributed by atoms with Crippen LogP contribution >= 0.6 is 0 Å². The zero-order valence-electron chi connectivity index (χ0n) is 13.9. The number of fused-ring (bicyclic) bond motifs is 1. The molecule has 0 saturated carbocycles. The minimum atomic E-state index is -0.272. The number of anilines is 1. The molecule has 5 nitrogen and oxygen atoms in total. The van der Waals surface area contributed by atoms with Gasteiger partial charge in [-0.25, -0.2) is 0 Å². The highest BCUT2D eigenvalue weighted by molar-refractivity contribution is 6.06. The van der Waals surface area contributed by atoms with Gasteiger partial charge < -0.3 is 15.5 Å². The van der Waals surface area contributed by atoms with Crippen LogP contribution in [-0.2, 0) is 9.59 Å². The topological polar surface area (TPSA) is 61.4 Å². The van der Waals surface area contributed by atoms with E-state index < -0.39 is 0 Å². The van der Waals surface area contributed by atoms with Crippen LogP contribution in [0.3, 0.4) is 0 Å². The minimum absolute atomic E-state index is 0.0155. The van der Waals surface area contributed by atoms with Crippen LogP contribution in [0.15, 0.2) is 42.5 Å². The first-order valence-electron chi connectivity index (χ1n) is 8.41. The van der Waals surface area contributed by atoms with Gasteiger partial charge in [0.2, 0.25) is 11.8 Å². The van der Waals surface area contributed by atoms with E-state index in [1.165, 1.54) is 0 Å². The van der Waals surface area contributed by atoms with E-state index in [-0.39, 0.29) is 24.2 Å². The van der Waals surface area contributed by atoms with Crippen molar-refractivity contribution in [2.75, 3.05) is 31.6 Å². The first-order valence-corrected chi connectivity index (χ1v) is 8.41. The summed E-state index contributed by atoms with van der Waals surface area (Å²) in [4.78, 5) is 26.5. The number of nitrogens with one attached hydrogen (secondary N) is 2. The van der Waals surface area contributed by atoms with E-state index in [1.807, 2.05) is 49.5 Å². The fourth-order valence-electron chi connectivity index (χ4n) is 3.18. The fraction of sp³-hybridized carbons (Fsp3) is 0.368. The quantitative estimate of drug-likeness (QED) is 0.798. The number of benzene rings is 2. The Labute approximate surface area is 142 Å². The van der Waals surface area contributed by atoms with Crippen molar-refractivity contribution in [3.8, 4) is 0 Å². The average Bonchev–Trinajstić information content (AvgIpc) is 3.00. The third-order valence-electron chi connectivity index (χ3n) is 4.46. The molecule has 1 atom stereocenters. The molecule has 1 heterocycles. The number of carbonyl (C=O) groups excluding carboxylic acids is 2. The van der Waals surface area contributed by atoms with Crippen molar-refractivity contribution in [1.82, 2.24) is 10.6 Å². The summed E-state index contributed by atoms with van der Waals surface area (Å²) in [5.41, 5.74) is 0.892. The van der Waals surface area contributed by atoms with Crippen LogP contribution < -0.4 is 15.5 Å². The monoisotopic (exact) mass is 325 g/mol. The van der Waals surface area contributed by atoms with Crippen LogP contribution in [0.4, 0.5) is 5.69 Å². The zero-order valence-corrected chi connectivity index (χ0v) is 13.9. The number of hydrogen-bond donors (Lipinski definition) is 2. The summed E-state index contributed by atoms with van der Waals surface area (Å²) >= 11 is 0. The molecule has 126 valence electrons. The molecule has 1 unspecified atom stereocenters. The lowest BCUT2D eigenvalue weighted by atomic mass is 10.1. The molecule has 2 amide bonds. The fourth-order valence-corrected chi connectivity index (χ4v) is 3.18. The molecule has 24 heavy (non-hydrogen) atoms. The summed E-state index contributed by atoms with van der Waals surface area (Å²) in [6.07, 6.45) is 1.16. The lowest BCUT2D eigenvalue weighted by Gasteiger charge is -2.19. The largest absolute Gasteiger partial charge is 0.356 e. The molecule has 3 rings (SSSR count). The predicted molar refractivity (Wildman–Crippen MR) is 96.0 cm³/mol. The van der Waals surface area contributed by atoms with E-state index in [4.69, 9.17) is 0 Å². The molecule has 1 saturated heterocycles. The Kier molecular flexibility index (Phi) is 5.11. The van der Waals surface area contributed by atoms with E-state index in [0.29, 0.717) is 13.1 Å². The number of rotatable bonds is 6. The maximum absolute atomic E-state index is 12.4. The van der Waals surface area contributed by atoms with Gasteiger partial charge in [0.05, 0.1) is 11.6 Å². The summed E-state index contributed by atoms with van der Waals surface area (Å²) in [6.45, 7) is 1.95. The van der Waals surface area contributed by atoms with Gasteiger partial charge in [-0.1, -0.05) is 36.4 Å². The predicted octanol–water partition coefficient (Wildman–Crippen LogP) is 1.92. The molecule has 2 N–H and O–H groups in total. The summed E-state index contributed by atoms with van der Waals surface area (Å²) in [5, 5.41) is 8.13. The van der Waals surface area contributed by atoms with Crippen LogP contribution in [0.1, 0.15) is 12.8 Å². The van der Waals surface area contributed by atoms with Gasteiger partial charge in [-0.3, -0.25) is 9.59 Å². The Bertz CT molecular complexity index is 739. The van der Waals surface area contributed by atoms with Crippen molar-refractivity contribution in [3.63, 3.8) is 0 Å². The molecule has 0 aliphatic carbocycles. The van der Waals surface area contributed by atoms with Gasteiger partial charge in [0.25, 0.3) is 0 Å². The van der Waals surface area contributed by atoms with Gasteiger partial charge in [-0.05, 0) is 31.5 Å². The Morgan fingerprint density at radius 1 is 1.17 bits per heavy atom. The van der Waals surface area contributed by atoms with Gasteiger partial charge in [0.15, 0.2) is 0 Å². The molecule has 0 radical (unpaired) electrons. The van der Waals surface area contributed by atoms with Gasteiger partial charge in [0.1, 0.15) is 0 Å². The molecule has 1 fully saturated rings. The first kappa shape index (κ1) is 16.5. The summed E-state index contributed by atoms with van der Waals surface area (Å²) in [6, 6.07) is 13.9. The van der Waals surface area contributed by atoms with Crippen molar-refractivity contribution >= 4 is 28.3 Å². The molecule has 1 aliphatic rings. The summed E-state index contributed by atoms with van der Waals surface area (Å²) < 4.78 is 0. The highest BCUT2D eigenvalue weighted by Crippen LogP contribution is 2.31. The Morgan fingerprint density at radius 2 is 1.96 bits per heavy atom. The Balaban J connectivity index is 1.71. The third-order valence-corrected chi connectivity index (χ3v) is 4.46. The molecular weight excluding hydrogens is 302 g/mol. The van der Waals surface area contributed by atoms with Crippen LogP contribution in [-0.4, -0.2) is 38.5 Å². The van der Waals surface area contributed by atoms with E-state index in [2.05, 4.69) is 10.6 Å². The van der Waals surface area contributed by atoms with Crippen molar-refractivity contribution in [1.29, 1.82) is 0 Å². The van der Waals surface area contributed by atoms with Gasteiger partial charge in [-0.2, -0.15) is 0 Å². The Morgan fingerprint density at radius 3 is 2.79 bits per heavy atom. The highest BCUT2D eigenvalue weighted by Gasteiger charge is 2.35. The molecule has 0 bridgehead atoms. The third kappa shape index (κ3) is 3.41. The lowest BCUT2D eigenvalue weighted by Crippen LogP contribution is -2.34. The normalized spacial score (nSPS) is 17.5. The lowest BCUT2D eigenvalue weighted by molar-refractivity contribution is -0.126. The van der Waals surface area contributed by atoms with E-state index in [0.717, 1.165) is 29.4 Å². The highest BCUT2D eigenvalue weighted by atomic mass is 16.2. The standard InChI is InChI=1S/C19H23N3O2/c1-20-10-5-11-21-19(24)15-12-18(23)22(13-15)17-9-4-7-14-6-2-3-8-16(14)17/h2-4,6-9,15,20H,5,10-13H2,1H3,(H,21,24). The van der Waals surface area contributed by atoms with Gasteiger partial charge >= 0.3 is 0 Å². The second-order valence-corrected chi connectivity index (χ2v) is 6.15. The number of hydrogen-bond acceptors (Lipinski definition) is 3. The number of amides is 2. The van der Waals surface area contributed by atoms with Crippen LogP contribution in [0.2, 0.25) is 0 Å². The maximum atomic E-state index is 12.4. The molecule has 2 aromatic carbocycles. The molecule has 1 aliphatic heterocycles. The van der Waals surface area contributed by atoms with Crippen LogP contribution in [0, 0.1) is 5.92 Å². The van der Waals surface area contributed by atoms with Gasteiger partial charge in [0, 0.05) is 24.9 Å². The smallest absolute Gasteiger partial charge is 0.227 e. The molecule has 2 aromatic rings. The van der Waals surface area contributed by atoms with Crippen molar-refractivity contribution in [3.05, 3.63) is 42.5 Å². The number of carbonyl (C=O) groups is 2. The molecular formula is C19H23N3O2. The van der Waals surface area contributed by atoms with Crippen molar-refractivity contribution in [2.24, 2.45) is 5.92 Å². The number of nitrogens with zero attached hydrogens (tertiary/aromatic N) is 1. The maximum Gasteiger partial charge on any atom is 0.227 e. The average molecular weight is 325 g/mol. The van der Waals surface area contributed by atoms with Crippen LogP contribution in [0.5, 0.6) is 0 Å². The van der Waals surface area contributed by atoms with Gasteiger partial charge in [-0.15, -0.1) is 0 Å². The molecule has 0 aromatic heterocycles. The summed E-state index contributed by atoms with van der Waals surface area (Å²) in [5.74, 6) is -0.282. The van der Waals surface area contributed by atoms with Crippen molar-refractivity contribution in [2.45, 2.75) is 12.8 Å². The molecule has 5 heteroatoms.